The summed E-state index contributed by atoms with van der Waals surface area (Å²) in [6.45, 7) is 6.52. The van der Waals surface area contributed by atoms with Crippen molar-refractivity contribution in [1.82, 2.24) is 5.32 Å². The van der Waals surface area contributed by atoms with Gasteiger partial charge in [0.25, 0.3) is 0 Å². The first-order valence-electron chi connectivity index (χ1n) is 5.68. The van der Waals surface area contributed by atoms with Gasteiger partial charge in [0.1, 0.15) is 5.54 Å². The molecule has 3 nitrogen and oxygen atoms in total. The van der Waals surface area contributed by atoms with Crippen LogP contribution in [0.15, 0.2) is 30.3 Å². The zero-order valence-electron chi connectivity index (χ0n) is 10.2. The van der Waals surface area contributed by atoms with Gasteiger partial charge in [-0.1, -0.05) is 25.1 Å². The van der Waals surface area contributed by atoms with Gasteiger partial charge in [-0.15, -0.1) is 0 Å². The number of hydrogen-bond donors (Lipinski definition) is 2. The fourth-order valence-electron chi connectivity index (χ4n) is 1.40. The molecule has 0 aromatic heterocycles. The van der Waals surface area contributed by atoms with Gasteiger partial charge in [-0.3, -0.25) is 4.79 Å². The maximum Gasteiger partial charge on any atom is 0.245 e. The smallest absolute Gasteiger partial charge is 0.245 e. The zero-order valence-corrected chi connectivity index (χ0v) is 10.2. The second kappa shape index (κ2) is 5.54. The molecular weight excluding hydrogens is 200 g/mol. The number of rotatable bonds is 5. The van der Waals surface area contributed by atoms with Crippen LogP contribution in [0.5, 0.6) is 0 Å². The van der Waals surface area contributed by atoms with Gasteiger partial charge in [-0.2, -0.15) is 0 Å². The van der Waals surface area contributed by atoms with Crippen molar-refractivity contribution in [3.63, 3.8) is 0 Å². The van der Waals surface area contributed by atoms with Crippen molar-refractivity contribution in [2.75, 3.05) is 11.9 Å². The monoisotopic (exact) mass is 220 g/mol. The molecule has 0 bridgehead atoms. The van der Waals surface area contributed by atoms with E-state index in [9.17, 15) is 4.79 Å². The average Bonchev–Trinajstić information content (AvgIpc) is 2.26. The topological polar surface area (TPSA) is 41.1 Å². The van der Waals surface area contributed by atoms with Crippen molar-refractivity contribution in [3.8, 4) is 0 Å². The summed E-state index contributed by atoms with van der Waals surface area (Å²) in [4.78, 5) is 11.9. The van der Waals surface area contributed by atoms with E-state index in [4.69, 9.17) is 0 Å². The first-order chi connectivity index (χ1) is 7.56. The minimum atomic E-state index is -0.587. The molecule has 0 saturated heterocycles. The molecule has 0 radical (unpaired) electrons. The second-order valence-electron chi connectivity index (χ2n) is 4.37. The fraction of sp³-hybridized carbons (Fsp3) is 0.462. The Morgan fingerprint density at radius 2 is 1.88 bits per heavy atom. The highest BCUT2D eigenvalue weighted by atomic mass is 16.2. The molecule has 0 saturated carbocycles. The van der Waals surface area contributed by atoms with E-state index < -0.39 is 5.54 Å². The Morgan fingerprint density at radius 3 is 2.44 bits per heavy atom. The van der Waals surface area contributed by atoms with Crippen molar-refractivity contribution in [1.29, 1.82) is 0 Å². The van der Waals surface area contributed by atoms with Crippen LogP contribution in [0, 0.1) is 0 Å². The van der Waals surface area contributed by atoms with Gasteiger partial charge >= 0.3 is 0 Å². The van der Waals surface area contributed by atoms with E-state index >= 15 is 0 Å². The fourth-order valence-corrected chi connectivity index (χ4v) is 1.40. The highest BCUT2D eigenvalue weighted by Crippen LogP contribution is 2.14. The van der Waals surface area contributed by atoms with Gasteiger partial charge in [0.2, 0.25) is 5.91 Å². The molecule has 3 heteroatoms. The SMILES string of the molecule is CCCNC(=O)C(C)(C)Nc1ccccc1. The third-order valence-electron chi connectivity index (χ3n) is 2.33. The molecule has 0 fully saturated rings. The van der Waals surface area contributed by atoms with Crippen LogP contribution >= 0.6 is 0 Å². The van der Waals surface area contributed by atoms with Crippen molar-refractivity contribution >= 4 is 11.6 Å². The first kappa shape index (κ1) is 12.6. The summed E-state index contributed by atoms with van der Waals surface area (Å²) in [5.74, 6) is 0.0261. The lowest BCUT2D eigenvalue weighted by atomic mass is 10.0. The number of para-hydroxylation sites is 1. The molecule has 0 aliphatic heterocycles. The lowest BCUT2D eigenvalue weighted by Crippen LogP contribution is -2.48. The Labute approximate surface area is 97.2 Å². The number of carbonyl (C=O) groups is 1. The van der Waals surface area contributed by atoms with E-state index in [1.54, 1.807) is 0 Å². The van der Waals surface area contributed by atoms with Gasteiger partial charge in [0.15, 0.2) is 0 Å². The Kier molecular flexibility index (Phi) is 4.35. The quantitative estimate of drug-likeness (QED) is 0.800. The number of amides is 1. The molecule has 1 aromatic carbocycles. The molecule has 0 aliphatic rings. The largest absolute Gasteiger partial charge is 0.372 e. The molecule has 0 atom stereocenters. The number of nitrogens with one attached hydrogen (secondary N) is 2. The molecule has 0 aliphatic carbocycles. The number of benzene rings is 1. The first-order valence-corrected chi connectivity index (χ1v) is 5.68. The summed E-state index contributed by atoms with van der Waals surface area (Å²) < 4.78 is 0. The zero-order chi connectivity index (χ0) is 12.0. The minimum absolute atomic E-state index is 0.0261. The van der Waals surface area contributed by atoms with Gasteiger partial charge in [-0.25, -0.2) is 0 Å². The van der Waals surface area contributed by atoms with Crippen LogP contribution in [-0.4, -0.2) is 18.0 Å². The van der Waals surface area contributed by atoms with E-state index in [0.29, 0.717) is 0 Å². The normalized spacial score (nSPS) is 10.9. The molecular formula is C13H20N2O. The number of carbonyl (C=O) groups excluding carboxylic acids is 1. The maximum absolute atomic E-state index is 11.9. The van der Waals surface area contributed by atoms with Gasteiger partial charge in [-0.05, 0) is 32.4 Å². The van der Waals surface area contributed by atoms with Crippen molar-refractivity contribution in [2.24, 2.45) is 0 Å². The standard InChI is InChI=1S/C13H20N2O/c1-4-10-14-12(16)13(2,3)15-11-8-6-5-7-9-11/h5-9,15H,4,10H2,1-3H3,(H,14,16). The van der Waals surface area contributed by atoms with Crippen LogP contribution in [-0.2, 0) is 4.79 Å². The van der Waals surface area contributed by atoms with Gasteiger partial charge < -0.3 is 10.6 Å². The molecule has 16 heavy (non-hydrogen) atoms. The van der Waals surface area contributed by atoms with Crippen molar-refractivity contribution in [3.05, 3.63) is 30.3 Å². The third kappa shape index (κ3) is 3.57. The predicted molar refractivity (Wildman–Crippen MR) is 67.4 cm³/mol. The van der Waals surface area contributed by atoms with E-state index in [0.717, 1.165) is 18.7 Å². The lowest BCUT2D eigenvalue weighted by Gasteiger charge is -2.26. The third-order valence-corrected chi connectivity index (χ3v) is 2.33. The van der Waals surface area contributed by atoms with Crippen molar-refractivity contribution < 1.29 is 4.79 Å². The molecule has 1 amide bonds. The summed E-state index contributed by atoms with van der Waals surface area (Å²) in [6.07, 6.45) is 0.952. The Morgan fingerprint density at radius 1 is 1.25 bits per heavy atom. The number of anilines is 1. The van der Waals surface area contributed by atoms with Crippen LogP contribution in [0.1, 0.15) is 27.2 Å². The maximum atomic E-state index is 11.9. The Bertz CT molecular complexity index is 333. The van der Waals surface area contributed by atoms with E-state index in [1.807, 2.05) is 51.1 Å². The molecule has 2 N–H and O–H groups in total. The molecule has 1 aromatic rings. The van der Waals surface area contributed by atoms with E-state index in [1.165, 1.54) is 0 Å². The summed E-state index contributed by atoms with van der Waals surface area (Å²) in [7, 11) is 0. The van der Waals surface area contributed by atoms with Crippen LogP contribution < -0.4 is 10.6 Å². The molecule has 0 unspecified atom stereocenters. The Balaban J connectivity index is 2.60. The highest BCUT2D eigenvalue weighted by Gasteiger charge is 2.26. The van der Waals surface area contributed by atoms with E-state index in [2.05, 4.69) is 10.6 Å². The van der Waals surface area contributed by atoms with E-state index in [-0.39, 0.29) is 5.91 Å². The highest BCUT2D eigenvalue weighted by molar-refractivity contribution is 5.88. The molecule has 88 valence electrons. The molecule has 0 spiro atoms. The summed E-state index contributed by atoms with van der Waals surface area (Å²) in [5, 5.41) is 6.11. The average molecular weight is 220 g/mol. The molecule has 0 heterocycles. The van der Waals surface area contributed by atoms with Crippen molar-refractivity contribution in [2.45, 2.75) is 32.7 Å². The summed E-state index contributed by atoms with van der Waals surface area (Å²) in [6, 6.07) is 9.75. The second-order valence-corrected chi connectivity index (χ2v) is 4.37. The number of hydrogen-bond acceptors (Lipinski definition) is 2. The molecule has 1 rings (SSSR count). The predicted octanol–water partition coefficient (Wildman–Crippen LogP) is 2.40. The minimum Gasteiger partial charge on any atom is -0.372 e. The Hall–Kier alpha value is -1.51. The van der Waals surface area contributed by atoms with Crippen LogP contribution in [0.3, 0.4) is 0 Å². The van der Waals surface area contributed by atoms with Crippen LogP contribution in [0.25, 0.3) is 0 Å². The summed E-state index contributed by atoms with van der Waals surface area (Å²) in [5.41, 5.74) is 0.371. The van der Waals surface area contributed by atoms with Gasteiger partial charge in [0.05, 0.1) is 0 Å². The lowest BCUT2D eigenvalue weighted by molar-refractivity contribution is -0.124. The van der Waals surface area contributed by atoms with Crippen LogP contribution in [0.4, 0.5) is 5.69 Å². The van der Waals surface area contributed by atoms with Crippen LogP contribution in [0.2, 0.25) is 0 Å². The van der Waals surface area contributed by atoms with Gasteiger partial charge in [0, 0.05) is 12.2 Å². The summed E-state index contributed by atoms with van der Waals surface area (Å²) >= 11 is 0.